The lowest BCUT2D eigenvalue weighted by molar-refractivity contribution is 0.122. The number of anilines is 2. The smallest absolute Gasteiger partial charge is 0.250 e. The number of aromatic amines is 1. The van der Waals surface area contributed by atoms with Gasteiger partial charge in [0.25, 0.3) is 0 Å². The van der Waals surface area contributed by atoms with Gasteiger partial charge in [-0.15, -0.1) is 0 Å². The first-order valence-corrected chi connectivity index (χ1v) is 15.2. The molecule has 0 saturated carbocycles. The van der Waals surface area contributed by atoms with Gasteiger partial charge in [0.15, 0.2) is 0 Å². The van der Waals surface area contributed by atoms with E-state index in [0.717, 1.165) is 72.3 Å². The van der Waals surface area contributed by atoms with Crippen molar-refractivity contribution in [3.63, 3.8) is 0 Å². The molecule has 0 amide bonds. The number of fused-ring (bicyclic) bond motifs is 2. The van der Waals surface area contributed by atoms with Crippen molar-refractivity contribution in [2.24, 2.45) is 0 Å². The number of benzene rings is 3. The van der Waals surface area contributed by atoms with Crippen molar-refractivity contribution in [2.75, 3.05) is 49.6 Å². The highest BCUT2D eigenvalue weighted by atomic mass is 16.5. The van der Waals surface area contributed by atoms with Crippen molar-refractivity contribution in [2.45, 2.75) is 38.3 Å². The van der Waals surface area contributed by atoms with Crippen molar-refractivity contribution < 1.29 is 9.47 Å². The molecule has 2 N–H and O–H groups in total. The lowest BCUT2D eigenvalue weighted by Crippen LogP contribution is -2.43. The molecule has 216 valence electrons. The van der Waals surface area contributed by atoms with Crippen molar-refractivity contribution in [3.05, 3.63) is 106 Å². The summed E-state index contributed by atoms with van der Waals surface area (Å²) in [5.41, 5.74) is 7.29. The van der Waals surface area contributed by atoms with Crippen molar-refractivity contribution in [1.82, 2.24) is 9.88 Å². The summed E-state index contributed by atoms with van der Waals surface area (Å²) in [5.74, 6) is 1.69. The normalized spacial score (nSPS) is 19.4. The highest BCUT2D eigenvalue weighted by molar-refractivity contribution is 5.74. The Morgan fingerprint density at radius 2 is 1.79 bits per heavy atom. The Labute approximate surface area is 247 Å². The summed E-state index contributed by atoms with van der Waals surface area (Å²) in [6, 6.07) is 28.0. The van der Waals surface area contributed by atoms with E-state index in [1.807, 2.05) is 6.07 Å². The van der Waals surface area contributed by atoms with E-state index in [-0.39, 0.29) is 5.56 Å². The van der Waals surface area contributed by atoms with Gasteiger partial charge in [0.05, 0.1) is 18.9 Å². The second-order valence-corrected chi connectivity index (χ2v) is 11.7. The Balaban J connectivity index is 1.08. The summed E-state index contributed by atoms with van der Waals surface area (Å²) in [6.07, 6.45) is 3.14. The van der Waals surface area contributed by atoms with Gasteiger partial charge in [-0.3, -0.25) is 9.69 Å². The fourth-order valence-electron chi connectivity index (χ4n) is 6.61. The average molecular weight is 563 g/mol. The first-order valence-electron chi connectivity index (χ1n) is 15.2. The number of aromatic nitrogens is 1. The van der Waals surface area contributed by atoms with Gasteiger partial charge in [-0.1, -0.05) is 42.5 Å². The van der Waals surface area contributed by atoms with Crippen LogP contribution in [0.25, 0.3) is 11.3 Å². The minimum absolute atomic E-state index is 0.113. The molecule has 7 nitrogen and oxygen atoms in total. The zero-order valence-electron chi connectivity index (χ0n) is 24.1. The molecule has 3 aromatic carbocycles. The van der Waals surface area contributed by atoms with E-state index in [4.69, 9.17) is 9.47 Å². The maximum Gasteiger partial charge on any atom is 0.250 e. The molecule has 0 spiro atoms. The van der Waals surface area contributed by atoms with Gasteiger partial charge < -0.3 is 24.7 Å². The molecular formula is C35H38N4O3. The van der Waals surface area contributed by atoms with E-state index in [2.05, 4.69) is 93.8 Å². The minimum Gasteiger partial charge on any atom is -0.456 e. The number of hydrogen-bond donors (Lipinski definition) is 2. The molecule has 0 bridgehead atoms. The van der Waals surface area contributed by atoms with Crippen LogP contribution in [-0.2, 0) is 11.2 Å². The number of hydrogen-bond acceptors (Lipinski definition) is 6. The van der Waals surface area contributed by atoms with E-state index in [9.17, 15) is 4.79 Å². The number of nitrogens with zero attached hydrogens (tertiary/aromatic N) is 2. The second-order valence-electron chi connectivity index (χ2n) is 11.7. The number of para-hydroxylation sites is 1. The highest BCUT2D eigenvalue weighted by Gasteiger charge is 2.26. The summed E-state index contributed by atoms with van der Waals surface area (Å²) < 4.78 is 12.0. The van der Waals surface area contributed by atoms with Crippen LogP contribution in [0.3, 0.4) is 0 Å². The third-order valence-corrected chi connectivity index (χ3v) is 8.90. The first kappa shape index (κ1) is 26.8. The molecule has 1 aromatic heterocycles. The van der Waals surface area contributed by atoms with Crippen molar-refractivity contribution in [3.8, 4) is 22.8 Å². The number of H-pyrrole nitrogens is 1. The lowest BCUT2D eigenvalue weighted by Gasteiger charge is -2.37. The minimum atomic E-state index is -0.113. The van der Waals surface area contributed by atoms with Crippen LogP contribution in [0.15, 0.2) is 83.7 Å². The second kappa shape index (κ2) is 11.7. The molecule has 4 aromatic rings. The van der Waals surface area contributed by atoms with Crippen molar-refractivity contribution >= 4 is 11.4 Å². The van der Waals surface area contributed by atoms with E-state index < -0.39 is 0 Å². The van der Waals surface area contributed by atoms with Crippen LogP contribution in [0.2, 0.25) is 0 Å². The van der Waals surface area contributed by atoms with Gasteiger partial charge in [-0.2, -0.15) is 0 Å². The Morgan fingerprint density at radius 3 is 2.64 bits per heavy atom. The van der Waals surface area contributed by atoms with E-state index in [1.165, 1.54) is 24.0 Å². The Bertz CT molecular complexity index is 1610. The first-order chi connectivity index (χ1) is 20.6. The highest BCUT2D eigenvalue weighted by Crippen LogP contribution is 2.43. The van der Waals surface area contributed by atoms with Crippen LogP contribution in [0.1, 0.15) is 42.5 Å². The predicted molar refractivity (Wildman–Crippen MR) is 168 cm³/mol. The fourth-order valence-corrected chi connectivity index (χ4v) is 6.61. The summed E-state index contributed by atoms with van der Waals surface area (Å²) >= 11 is 0. The Morgan fingerprint density at radius 1 is 0.929 bits per heavy atom. The monoisotopic (exact) mass is 562 g/mol. The number of piperidine rings is 1. The van der Waals surface area contributed by atoms with Crippen LogP contribution < -0.4 is 20.5 Å². The fraction of sp³-hybridized carbons (Fsp3) is 0.343. The van der Waals surface area contributed by atoms with Gasteiger partial charge in [-0.05, 0) is 67.8 Å². The number of ether oxygens (including phenoxy) is 2. The molecule has 2 atom stereocenters. The summed E-state index contributed by atoms with van der Waals surface area (Å²) in [4.78, 5) is 20.5. The topological polar surface area (TPSA) is 69.8 Å². The molecule has 2 fully saturated rings. The van der Waals surface area contributed by atoms with Crippen LogP contribution in [0, 0.1) is 0 Å². The number of morpholine rings is 1. The quantitative estimate of drug-likeness (QED) is 0.256. The molecule has 2 saturated heterocycles. The predicted octanol–water partition coefficient (Wildman–Crippen LogP) is 6.21. The molecule has 42 heavy (non-hydrogen) atoms. The molecule has 0 radical (unpaired) electrons. The van der Waals surface area contributed by atoms with E-state index in [1.54, 1.807) is 6.07 Å². The number of pyridine rings is 1. The zero-order valence-corrected chi connectivity index (χ0v) is 24.1. The zero-order chi connectivity index (χ0) is 28.5. The van der Waals surface area contributed by atoms with Gasteiger partial charge in [0, 0.05) is 66.7 Å². The van der Waals surface area contributed by atoms with Gasteiger partial charge in [-0.25, -0.2) is 0 Å². The standard InChI is InChI=1S/C35H38N4O3/c1-24(25-7-3-2-4-8-25)39-14-6-10-29(23-39)36-28-12-13-33-27(20-28)19-26-9-5-11-31(35(26)42-33)32-21-30(22-34(40)37-32)38-15-17-41-18-16-38/h2-5,7-9,11-13,20-22,24,29,36H,6,10,14-19,23H2,1H3,(H,37,40). The lowest BCUT2D eigenvalue weighted by atomic mass is 9.95. The molecular weight excluding hydrogens is 524 g/mol. The molecule has 7 heteroatoms. The number of nitrogens with one attached hydrogen (secondary N) is 2. The molecule has 0 aliphatic carbocycles. The SMILES string of the molecule is CC(c1ccccc1)N1CCCC(Nc2ccc3c(c2)Cc2cccc(-c4cc(N5CCOCC5)cc(=O)[nH]4)c2O3)C1. The average Bonchev–Trinajstić information content (AvgIpc) is 3.04. The third kappa shape index (κ3) is 5.54. The maximum absolute atomic E-state index is 12.7. The molecule has 2 unspecified atom stereocenters. The summed E-state index contributed by atoms with van der Waals surface area (Å²) in [5, 5.41) is 3.82. The largest absolute Gasteiger partial charge is 0.456 e. The Hall–Kier alpha value is -4.07. The number of rotatable bonds is 6. The van der Waals surface area contributed by atoms with Gasteiger partial charge >= 0.3 is 0 Å². The van der Waals surface area contributed by atoms with Crippen LogP contribution in [0.5, 0.6) is 11.5 Å². The third-order valence-electron chi connectivity index (χ3n) is 8.90. The summed E-state index contributed by atoms with van der Waals surface area (Å²) in [6.45, 7) is 7.37. The van der Waals surface area contributed by atoms with E-state index in [0.29, 0.717) is 25.3 Å². The van der Waals surface area contributed by atoms with Crippen molar-refractivity contribution in [1.29, 1.82) is 0 Å². The van der Waals surface area contributed by atoms with Crippen LogP contribution in [-0.4, -0.2) is 55.3 Å². The van der Waals surface area contributed by atoms with Gasteiger partial charge in [0.2, 0.25) is 5.56 Å². The maximum atomic E-state index is 12.7. The molecule has 7 rings (SSSR count). The Kier molecular flexibility index (Phi) is 7.44. The number of likely N-dealkylation sites (tertiary alicyclic amines) is 1. The van der Waals surface area contributed by atoms with E-state index >= 15 is 0 Å². The molecule has 4 heterocycles. The van der Waals surface area contributed by atoms with Gasteiger partial charge in [0.1, 0.15) is 11.5 Å². The molecule has 3 aliphatic heterocycles. The molecule has 3 aliphatic rings. The van der Waals surface area contributed by atoms with Crippen LogP contribution in [0.4, 0.5) is 11.4 Å². The van der Waals surface area contributed by atoms with Crippen LogP contribution >= 0.6 is 0 Å². The summed E-state index contributed by atoms with van der Waals surface area (Å²) in [7, 11) is 0.